The fourth-order valence-electron chi connectivity index (χ4n) is 3.36. The molecule has 0 atom stereocenters. The van der Waals surface area contributed by atoms with Crippen LogP contribution in [-0.4, -0.2) is 16.0 Å². The van der Waals surface area contributed by atoms with Gasteiger partial charge in [-0.2, -0.15) is 0 Å². The molecule has 1 heterocycles. The molecule has 2 N–H and O–H groups in total. The number of hydrogen-bond donors (Lipinski definition) is 2. The number of nitrogens with zero attached hydrogens (tertiary/aromatic N) is 1. The zero-order chi connectivity index (χ0) is 20.8. The molecule has 0 fully saturated rings. The second-order valence-corrected chi connectivity index (χ2v) is 7.93. The molecule has 0 aliphatic heterocycles. The van der Waals surface area contributed by atoms with Crippen molar-refractivity contribution in [2.45, 2.75) is 45.4 Å². The van der Waals surface area contributed by atoms with E-state index in [0.29, 0.717) is 28.4 Å². The van der Waals surface area contributed by atoms with Crippen LogP contribution in [0.1, 0.15) is 60.9 Å². The summed E-state index contributed by atoms with van der Waals surface area (Å²) in [5.41, 5.74) is 2.12. The van der Waals surface area contributed by atoms with Gasteiger partial charge in [0.05, 0.1) is 5.01 Å². The highest BCUT2D eigenvalue weighted by Crippen LogP contribution is 2.32. The van der Waals surface area contributed by atoms with Crippen molar-refractivity contribution in [1.29, 1.82) is 0 Å². The van der Waals surface area contributed by atoms with Crippen molar-refractivity contribution in [3.05, 3.63) is 64.4 Å². The first-order valence-electron chi connectivity index (χ1n) is 9.87. The molecule has 3 aromatic rings. The predicted octanol–water partition coefficient (Wildman–Crippen LogP) is 6.59. The Hall–Kier alpha value is -2.73. The number of anilines is 1. The fraction of sp³-hybridized carbons (Fsp3) is 0.304. The summed E-state index contributed by atoms with van der Waals surface area (Å²) in [6.07, 6.45) is 4.28. The van der Waals surface area contributed by atoms with E-state index in [1.165, 1.54) is 35.6 Å². The average molecular weight is 413 g/mol. The molecule has 152 valence electrons. The molecule has 0 saturated heterocycles. The lowest BCUT2D eigenvalue weighted by molar-refractivity contribution is 0.102. The van der Waals surface area contributed by atoms with Crippen LogP contribution < -0.4 is 5.32 Å². The van der Waals surface area contributed by atoms with Gasteiger partial charge in [0.25, 0.3) is 5.91 Å². The van der Waals surface area contributed by atoms with Crippen LogP contribution in [0.3, 0.4) is 0 Å². The molecule has 0 aliphatic carbocycles. The second kappa shape index (κ2) is 9.65. The van der Waals surface area contributed by atoms with Crippen molar-refractivity contribution >= 4 is 22.9 Å². The van der Waals surface area contributed by atoms with E-state index in [9.17, 15) is 14.3 Å². The van der Waals surface area contributed by atoms with Crippen molar-refractivity contribution < 1.29 is 14.3 Å². The third-order valence-electron chi connectivity index (χ3n) is 4.79. The molecule has 1 amide bonds. The molecule has 2 aromatic carbocycles. The maximum atomic E-state index is 13.8. The summed E-state index contributed by atoms with van der Waals surface area (Å²) in [5.74, 6) is -0.204. The summed E-state index contributed by atoms with van der Waals surface area (Å²) in [6, 6.07) is 10.6. The molecule has 1 aromatic heterocycles. The minimum atomic E-state index is -0.399. The van der Waals surface area contributed by atoms with Crippen LogP contribution in [0.25, 0.3) is 11.1 Å². The second-order valence-electron chi connectivity index (χ2n) is 7.04. The zero-order valence-corrected chi connectivity index (χ0v) is 17.4. The molecule has 0 unspecified atom stereocenters. The van der Waals surface area contributed by atoms with E-state index in [1.54, 1.807) is 23.6 Å². The van der Waals surface area contributed by atoms with Crippen molar-refractivity contribution in [3.8, 4) is 16.9 Å². The van der Waals surface area contributed by atoms with Gasteiger partial charge in [-0.1, -0.05) is 38.8 Å². The van der Waals surface area contributed by atoms with E-state index in [2.05, 4.69) is 24.1 Å². The Morgan fingerprint density at radius 2 is 1.83 bits per heavy atom. The number of rotatable bonds is 8. The number of nitrogens with one attached hydrogen (secondary N) is 1. The molecular formula is C23H25FN2O2S. The van der Waals surface area contributed by atoms with Gasteiger partial charge in [-0.3, -0.25) is 4.79 Å². The largest absolute Gasteiger partial charge is 0.508 e. The number of benzene rings is 2. The number of aromatic nitrogens is 1. The van der Waals surface area contributed by atoms with Gasteiger partial charge in [0.1, 0.15) is 17.3 Å². The van der Waals surface area contributed by atoms with E-state index in [-0.39, 0.29) is 11.7 Å². The van der Waals surface area contributed by atoms with E-state index in [0.717, 1.165) is 30.7 Å². The van der Waals surface area contributed by atoms with Gasteiger partial charge in [-0.25, -0.2) is 9.37 Å². The van der Waals surface area contributed by atoms with Gasteiger partial charge in [0.2, 0.25) is 0 Å². The van der Waals surface area contributed by atoms with E-state index >= 15 is 0 Å². The number of carbonyl (C=O) groups is 1. The van der Waals surface area contributed by atoms with Gasteiger partial charge in [-0.15, -0.1) is 11.3 Å². The van der Waals surface area contributed by atoms with Crippen molar-refractivity contribution in [2.75, 3.05) is 5.32 Å². The summed E-state index contributed by atoms with van der Waals surface area (Å²) in [5, 5.41) is 15.1. The number of phenols is 1. The Balaban J connectivity index is 1.83. The Morgan fingerprint density at radius 1 is 1.14 bits per heavy atom. The van der Waals surface area contributed by atoms with Crippen LogP contribution in [0.2, 0.25) is 0 Å². The molecule has 0 spiro atoms. The van der Waals surface area contributed by atoms with Gasteiger partial charge in [-0.05, 0) is 48.7 Å². The Morgan fingerprint density at radius 3 is 2.48 bits per heavy atom. The first-order chi connectivity index (χ1) is 14.0. The van der Waals surface area contributed by atoms with Crippen LogP contribution in [0.4, 0.5) is 10.1 Å². The lowest BCUT2D eigenvalue weighted by Gasteiger charge is -2.12. The quantitative estimate of drug-likeness (QED) is 0.439. The standard InChI is InChI=1S/C23H25FN2O2S/c1-3-5-16(6-4-2)23-26-21(14-29-23)22(28)25-20-12-9-17(24)13-19(20)15-7-10-18(27)11-8-15/h7-14,16,27H,3-6H2,1-2H3,(H,25,28). The van der Waals surface area contributed by atoms with Crippen LogP contribution in [0.5, 0.6) is 5.75 Å². The van der Waals surface area contributed by atoms with Crippen molar-refractivity contribution in [1.82, 2.24) is 4.98 Å². The average Bonchev–Trinajstić information content (AvgIpc) is 3.20. The number of amides is 1. The van der Waals surface area contributed by atoms with Crippen LogP contribution >= 0.6 is 11.3 Å². The summed E-state index contributed by atoms with van der Waals surface area (Å²) in [4.78, 5) is 17.4. The highest BCUT2D eigenvalue weighted by atomic mass is 32.1. The van der Waals surface area contributed by atoms with Crippen molar-refractivity contribution in [3.63, 3.8) is 0 Å². The molecule has 6 heteroatoms. The number of hydrogen-bond acceptors (Lipinski definition) is 4. The molecular weight excluding hydrogens is 387 g/mol. The van der Waals surface area contributed by atoms with Crippen LogP contribution in [-0.2, 0) is 0 Å². The monoisotopic (exact) mass is 412 g/mol. The molecule has 29 heavy (non-hydrogen) atoms. The molecule has 4 nitrogen and oxygen atoms in total. The maximum absolute atomic E-state index is 13.8. The third kappa shape index (κ3) is 5.21. The molecule has 0 aliphatic rings. The normalized spacial score (nSPS) is 11.0. The van der Waals surface area contributed by atoms with Crippen LogP contribution in [0, 0.1) is 5.82 Å². The summed E-state index contributed by atoms with van der Waals surface area (Å²) < 4.78 is 13.8. The summed E-state index contributed by atoms with van der Waals surface area (Å²) in [7, 11) is 0. The zero-order valence-electron chi connectivity index (χ0n) is 16.6. The van der Waals surface area contributed by atoms with Crippen LogP contribution in [0.15, 0.2) is 47.8 Å². The first-order valence-corrected chi connectivity index (χ1v) is 10.8. The summed E-state index contributed by atoms with van der Waals surface area (Å²) in [6.45, 7) is 4.31. The SMILES string of the molecule is CCCC(CCC)c1nc(C(=O)Nc2ccc(F)cc2-c2ccc(O)cc2)cs1. The Kier molecular flexibility index (Phi) is 6.99. The van der Waals surface area contributed by atoms with Gasteiger partial charge < -0.3 is 10.4 Å². The van der Waals surface area contributed by atoms with Crippen molar-refractivity contribution in [2.24, 2.45) is 0 Å². The number of thiazole rings is 1. The predicted molar refractivity (Wildman–Crippen MR) is 116 cm³/mol. The highest BCUT2D eigenvalue weighted by Gasteiger charge is 2.18. The molecule has 0 radical (unpaired) electrons. The third-order valence-corrected chi connectivity index (χ3v) is 5.79. The lowest BCUT2D eigenvalue weighted by Crippen LogP contribution is -2.13. The number of phenolic OH excluding ortho intramolecular Hbond substituents is 1. The summed E-state index contributed by atoms with van der Waals surface area (Å²) >= 11 is 1.52. The van der Waals surface area contributed by atoms with E-state index < -0.39 is 5.82 Å². The first kappa shape index (κ1) is 21.0. The fourth-order valence-corrected chi connectivity index (χ4v) is 4.33. The number of halogens is 1. The smallest absolute Gasteiger partial charge is 0.275 e. The van der Waals surface area contributed by atoms with E-state index in [4.69, 9.17) is 0 Å². The van der Waals surface area contributed by atoms with E-state index in [1.807, 2.05) is 0 Å². The van der Waals surface area contributed by atoms with Gasteiger partial charge in [0, 0.05) is 22.5 Å². The minimum absolute atomic E-state index is 0.124. The van der Waals surface area contributed by atoms with Gasteiger partial charge in [0.15, 0.2) is 0 Å². The maximum Gasteiger partial charge on any atom is 0.275 e. The van der Waals surface area contributed by atoms with Gasteiger partial charge >= 0.3 is 0 Å². The topological polar surface area (TPSA) is 62.2 Å². The Labute approximate surface area is 174 Å². The Bertz CT molecular complexity index is 963. The molecule has 0 saturated carbocycles. The molecule has 3 rings (SSSR count). The lowest BCUT2D eigenvalue weighted by atomic mass is 9.99. The number of carbonyl (C=O) groups excluding carboxylic acids is 1. The highest BCUT2D eigenvalue weighted by molar-refractivity contribution is 7.09. The number of aromatic hydroxyl groups is 1. The molecule has 0 bridgehead atoms. The minimum Gasteiger partial charge on any atom is -0.508 e.